The fraction of sp³-hybridized carbons (Fsp3) is 0.638. The second-order valence-corrected chi connectivity index (χ2v) is 30.8. The monoisotopic (exact) mass is 1330 g/mol. The van der Waals surface area contributed by atoms with E-state index in [9.17, 15) is 43.8 Å². The quantitative estimate of drug-likeness (QED) is 0.0473. The topological polar surface area (TPSA) is 441 Å². The fourth-order valence-electron chi connectivity index (χ4n) is 12.2. The van der Waals surface area contributed by atoms with Gasteiger partial charge in [-0.05, 0) is 90.8 Å². The molecule has 7 aliphatic rings. The van der Waals surface area contributed by atoms with Gasteiger partial charge in [-0.2, -0.15) is 9.97 Å². The zero-order chi connectivity index (χ0) is 62.6. The molecule has 0 spiro atoms. The molecule has 5 aromatic rings. The number of H-pyrrole nitrogens is 2. The molecule has 0 amide bonds. The minimum Gasteiger partial charge on any atom is -0.387 e. The van der Waals surface area contributed by atoms with Crippen LogP contribution >= 0.6 is 20.2 Å². The summed E-state index contributed by atoms with van der Waals surface area (Å²) in [6.45, 7) is -3.07. The second kappa shape index (κ2) is 22.2. The number of rotatable bonds is 19. The van der Waals surface area contributed by atoms with Crippen LogP contribution in [-0.4, -0.2) is 172 Å². The number of hydrogen-bond donors (Lipinski definition) is 8. The average Bonchev–Trinajstić information content (AvgIpc) is 1.63. The first-order valence-electron chi connectivity index (χ1n) is 27.0. The molecule has 0 aromatic carbocycles. The number of nitrogens with one attached hydrogen (secondary N) is 2. The number of nitrogen functional groups attached to an aromatic ring is 2. The second-order valence-electron chi connectivity index (χ2n) is 22.5. The van der Waals surface area contributed by atoms with Gasteiger partial charge in [0.15, 0.2) is 29.8 Å². The molecule has 34 nitrogen and oxygen atoms in total. The van der Waals surface area contributed by atoms with Crippen molar-refractivity contribution in [3.63, 3.8) is 0 Å². The minimum atomic E-state index is -4.72. The summed E-state index contributed by atoms with van der Waals surface area (Å²) in [7, 11) is 0. The van der Waals surface area contributed by atoms with Crippen molar-refractivity contribution in [1.82, 2.24) is 48.2 Å². The first kappa shape index (κ1) is 62.8. The molecule has 40 heteroatoms. The fourth-order valence-corrected chi connectivity index (χ4v) is 16.6. The predicted molar refractivity (Wildman–Crippen MR) is 308 cm³/mol. The van der Waals surface area contributed by atoms with Crippen molar-refractivity contribution in [3.05, 3.63) is 99.6 Å². The molecule has 0 radical (unpaired) electrons. The lowest BCUT2D eigenvalue weighted by Crippen LogP contribution is -2.52. The summed E-state index contributed by atoms with van der Waals surface area (Å²) in [4.78, 5) is 122. The van der Waals surface area contributed by atoms with Crippen LogP contribution in [0.3, 0.4) is 0 Å². The van der Waals surface area contributed by atoms with Gasteiger partial charge in [-0.1, -0.05) is 0 Å². The highest BCUT2D eigenvalue weighted by Crippen LogP contribution is 2.62. The standard InChI is InChI=1S/C47H61N12O22P3S3/c1-17-10-56(42(63)53-34(17)48)26-9-25(20(4)72-26)79-82(66,85)70-14-46-22(6)74-29(40(77-46)58-12-19(3)37(61)55-44(58)65)32(46)80-84(68,87)71-15-47-23(7)75-30(41(78-47)59-16-50-27-36(59)51-24(8)52-38(27)62)33(47)81-83(67,86)69-13-45-21(5)73-28(31(45)60)39(76-45)57-11-18(2)35(49)54-43(57)64/h10-12,16,20-23,25-26,28-33,39-41,60H,9,13-15H2,1-8H3,(H,66,85)(H,67,86)(H,68,87)(H2,48,53,63)(H2,49,54,64)(H,51,52,62)(H,55,61,65)/t20-,21+,22+,23+,25?,26-,28+,29+,30+,31?,32?,33?,39-,40-,41-,45+,46+,47+,82?,83?,84?/m1/s1. The average molecular weight is 1340 g/mol. The summed E-state index contributed by atoms with van der Waals surface area (Å²) in [6.07, 6.45) is -12.2. The summed E-state index contributed by atoms with van der Waals surface area (Å²) in [6, 6.07) is 0. The van der Waals surface area contributed by atoms with Gasteiger partial charge in [0, 0.05) is 41.7 Å². The minimum absolute atomic E-state index is 0.00416. The van der Waals surface area contributed by atoms with Gasteiger partial charge in [-0.25, -0.2) is 24.4 Å². The molecule has 10 N–H and O–H groups in total. The summed E-state index contributed by atoms with van der Waals surface area (Å²) in [5, 5.41) is 11.7. The number of aryl methyl sites for hydroxylation is 4. The number of aromatic nitrogens is 10. The molecule has 0 aliphatic carbocycles. The van der Waals surface area contributed by atoms with Crippen molar-refractivity contribution in [2.45, 2.75) is 171 Å². The highest BCUT2D eigenvalue weighted by atomic mass is 32.5. The van der Waals surface area contributed by atoms with Gasteiger partial charge < -0.3 is 87.5 Å². The Hall–Kier alpha value is -4.34. The first-order valence-corrected chi connectivity index (χ1v) is 34.8. The molecule has 474 valence electrons. The molecule has 87 heavy (non-hydrogen) atoms. The summed E-state index contributed by atoms with van der Waals surface area (Å²) >= 11 is 17.0. The van der Waals surface area contributed by atoms with Crippen LogP contribution in [0, 0.1) is 27.7 Å². The van der Waals surface area contributed by atoms with Crippen molar-refractivity contribution < 1.29 is 80.1 Å². The van der Waals surface area contributed by atoms with Crippen molar-refractivity contribution in [2.24, 2.45) is 0 Å². The highest BCUT2D eigenvalue weighted by Gasteiger charge is 2.72. The maximum Gasteiger partial charge on any atom is 0.351 e. The molecule has 5 aromatic heterocycles. The number of imidazole rings is 1. The van der Waals surface area contributed by atoms with E-state index in [-0.39, 0.29) is 40.6 Å². The molecule has 0 saturated carbocycles. The van der Waals surface area contributed by atoms with E-state index in [2.05, 4.69) is 29.9 Å². The SMILES string of the molecule is Cc1nc2c(ncn2[C@@H]2O[C@]3(COP(O)(=S)OC4[C@@H]5O[C@@H](C)[C@]4(COP(O)(=S)OC4C[C@H](n6cc(C)c(N)nc6=O)O[C@@H]4C)O[C@H]5n4cc(C)c(=O)[nH]c4=O)C(OP(O)(=S)OC[C@]45O[C@@H](n6cc(C)c(N)nc6=O)[C@@H](O[C@H]4C)C5O)[C@@H]2O[C@H]3C)c(=O)[nH]1. The summed E-state index contributed by atoms with van der Waals surface area (Å²) in [5.74, 6) is 0.268. The molecular formula is C47H61N12O22P3S3. The largest absolute Gasteiger partial charge is 0.387 e. The zero-order valence-corrected chi connectivity index (χ0v) is 52.4. The Morgan fingerprint density at radius 1 is 0.621 bits per heavy atom. The third-order valence-corrected chi connectivity index (χ3v) is 21.6. The Balaban J connectivity index is 0.819. The van der Waals surface area contributed by atoms with Gasteiger partial charge >= 0.3 is 37.2 Å². The number of aromatic amines is 2. The molecule has 21 atom stereocenters. The lowest BCUT2D eigenvalue weighted by Gasteiger charge is -2.39. The Morgan fingerprint density at radius 2 is 1.09 bits per heavy atom. The van der Waals surface area contributed by atoms with Crippen LogP contribution in [0.5, 0.6) is 0 Å². The smallest absolute Gasteiger partial charge is 0.351 e. The molecule has 7 saturated heterocycles. The number of aliphatic hydroxyl groups excluding tert-OH is 1. The molecule has 6 bridgehead atoms. The molecular weight excluding hydrogens is 1270 g/mol. The van der Waals surface area contributed by atoms with E-state index in [0.717, 1.165) is 9.13 Å². The third-order valence-electron chi connectivity index (χ3n) is 17.0. The zero-order valence-electron chi connectivity index (χ0n) is 47.2. The summed E-state index contributed by atoms with van der Waals surface area (Å²) < 4.78 is 86.6. The van der Waals surface area contributed by atoms with E-state index in [1.54, 1.807) is 48.5 Å². The molecule has 7 aliphatic heterocycles. The van der Waals surface area contributed by atoms with Crippen LogP contribution in [0.4, 0.5) is 11.6 Å². The van der Waals surface area contributed by atoms with Gasteiger partial charge in [0.2, 0.25) is 0 Å². The van der Waals surface area contributed by atoms with Crippen molar-refractivity contribution in [2.75, 3.05) is 31.3 Å². The van der Waals surface area contributed by atoms with Crippen LogP contribution in [0.15, 0.2) is 48.9 Å². The van der Waals surface area contributed by atoms with E-state index in [0.29, 0.717) is 11.1 Å². The Labute approximate surface area is 505 Å². The number of anilines is 2. The molecule has 12 rings (SSSR count). The van der Waals surface area contributed by atoms with Crippen LogP contribution in [-0.2, 0) is 95.7 Å². The summed E-state index contributed by atoms with van der Waals surface area (Å²) in [5.41, 5.74) is 3.60. The van der Waals surface area contributed by atoms with Crippen LogP contribution in [0.25, 0.3) is 11.2 Å². The van der Waals surface area contributed by atoms with Gasteiger partial charge in [0.25, 0.3) is 11.1 Å². The van der Waals surface area contributed by atoms with Crippen LogP contribution < -0.4 is 39.7 Å². The van der Waals surface area contributed by atoms with E-state index >= 15 is 0 Å². The number of nitrogens with two attached hydrogens (primary N) is 2. The Bertz CT molecular complexity index is 4080. The lowest BCUT2D eigenvalue weighted by atomic mass is 9.94. The lowest BCUT2D eigenvalue weighted by molar-refractivity contribution is -0.218. The Kier molecular flexibility index (Phi) is 16.0. The van der Waals surface area contributed by atoms with E-state index in [1.807, 2.05) is 0 Å². The van der Waals surface area contributed by atoms with Gasteiger partial charge in [-0.3, -0.25) is 41.9 Å². The molecule has 12 heterocycles. The maximum absolute atomic E-state index is 13.5. The van der Waals surface area contributed by atoms with Gasteiger partial charge in [0.1, 0.15) is 77.1 Å². The van der Waals surface area contributed by atoms with E-state index < -0.39 is 177 Å². The van der Waals surface area contributed by atoms with Crippen molar-refractivity contribution >= 4 is 78.4 Å². The van der Waals surface area contributed by atoms with E-state index in [1.165, 1.54) is 41.0 Å². The number of fused-ring (bicyclic) bond motifs is 7. The number of nitrogens with zero attached hydrogens (tertiary/aromatic N) is 8. The molecule has 7 fully saturated rings. The number of aliphatic hydroxyl groups is 1. The van der Waals surface area contributed by atoms with Crippen LogP contribution in [0.1, 0.15) is 81.5 Å². The number of ether oxygens (including phenoxy) is 7. The van der Waals surface area contributed by atoms with E-state index in [4.69, 9.17) is 107 Å². The Morgan fingerprint density at radius 3 is 1.68 bits per heavy atom. The first-order chi connectivity index (χ1) is 40.8. The number of hydrogen-bond acceptors (Lipinski definition) is 28. The van der Waals surface area contributed by atoms with Crippen LogP contribution in [0.2, 0.25) is 0 Å². The maximum atomic E-state index is 13.5. The highest BCUT2D eigenvalue weighted by molar-refractivity contribution is 8.07. The normalized spacial score (nSPS) is 37.1. The molecule has 7 unspecified atom stereocenters. The predicted octanol–water partition coefficient (Wildman–Crippen LogP) is -0.730. The van der Waals surface area contributed by atoms with Gasteiger partial charge in [-0.15, -0.1) is 0 Å². The van der Waals surface area contributed by atoms with Crippen molar-refractivity contribution in [1.29, 1.82) is 0 Å². The van der Waals surface area contributed by atoms with Gasteiger partial charge in [0.05, 0.1) is 56.7 Å². The van der Waals surface area contributed by atoms with Crippen molar-refractivity contribution in [3.8, 4) is 0 Å². The third kappa shape index (κ3) is 10.7.